The quantitative estimate of drug-likeness (QED) is 0.386. The first-order chi connectivity index (χ1) is 19.0. The van der Waals surface area contributed by atoms with Crippen LogP contribution in [0, 0.1) is 23.1 Å². The minimum atomic E-state index is -0.228. The van der Waals surface area contributed by atoms with E-state index in [1.54, 1.807) is 24.3 Å². The predicted molar refractivity (Wildman–Crippen MR) is 149 cm³/mol. The van der Waals surface area contributed by atoms with Crippen LogP contribution < -0.4 is 4.90 Å². The number of ketones is 1. The fraction of sp³-hybridized carbons (Fsp3) is 0.303. The van der Waals surface area contributed by atoms with Crippen LogP contribution >= 0.6 is 0 Å². The molecule has 1 amide bonds. The molecule has 196 valence electrons. The lowest BCUT2D eigenvalue weighted by molar-refractivity contribution is 0.0680. The fourth-order valence-electron chi connectivity index (χ4n) is 6.15. The Morgan fingerprint density at radius 1 is 0.923 bits per heavy atom. The van der Waals surface area contributed by atoms with Crippen molar-refractivity contribution < 1.29 is 14.0 Å². The van der Waals surface area contributed by atoms with Crippen molar-refractivity contribution in [3.8, 4) is 6.07 Å². The van der Waals surface area contributed by atoms with Gasteiger partial charge in [-0.25, -0.2) is 4.39 Å². The molecular weight excluding hydrogens is 489 g/mol. The van der Waals surface area contributed by atoms with E-state index in [0.29, 0.717) is 30.6 Å². The smallest absolute Gasteiger partial charge is 0.253 e. The van der Waals surface area contributed by atoms with Crippen LogP contribution in [0.15, 0.2) is 72.3 Å². The van der Waals surface area contributed by atoms with Crippen LogP contribution in [0.4, 0.5) is 10.1 Å². The number of halogens is 1. The zero-order chi connectivity index (χ0) is 26.9. The van der Waals surface area contributed by atoms with Crippen molar-refractivity contribution in [3.05, 3.63) is 106 Å². The summed E-state index contributed by atoms with van der Waals surface area (Å²) in [6.45, 7) is 2.96. The summed E-state index contributed by atoms with van der Waals surface area (Å²) in [5.74, 6) is 0.173. The molecule has 0 saturated carbocycles. The van der Waals surface area contributed by atoms with Crippen molar-refractivity contribution in [2.24, 2.45) is 5.92 Å². The fourth-order valence-corrected chi connectivity index (χ4v) is 6.15. The Hall–Kier alpha value is -4.24. The maximum Gasteiger partial charge on any atom is 0.253 e. The Kier molecular flexibility index (Phi) is 6.74. The van der Waals surface area contributed by atoms with Crippen LogP contribution in [-0.4, -0.2) is 42.8 Å². The number of nitriles is 1. The van der Waals surface area contributed by atoms with Gasteiger partial charge in [-0.2, -0.15) is 5.26 Å². The number of rotatable bonds is 5. The molecule has 1 fully saturated rings. The van der Waals surface area contributed by atoms with Gasteiger partial charge >= 0.3 is 0 Å². The Balaban J connectivity index is 1.08. The minimum absolute atomic E-state index is 0.0193. The van der Waals surface area contributed by atoms with Gasteiger partial charge in [0.1, 0.15) is 5.82 Å². The molecule has 5 nitrogen and oxygen atoms in total. The number of benzene rings is 3. The van der Waals surface area contributed by atoms with Crippen LogP contribution in [0.3, 0.4) is 0 Å². The van der Waals surface area contributed by atoms with E-state index in [2.05, 4.69) is 23.1 Å². The van der Waals surface area contributed by atoms with E-state index < -0.39 is 0 Å². The number of anilines is 1. The average Bonchev–Trinajstić information content (AvgIpc) is 3.35. The van der Waals surface area contributed by atoms with E-state index >= 15 is 0 Å². The molecule has 2 aliphatic heterocycles. The number of carbonyl (C=O) groups is 2. The first kappa shape index (κ1) is 25.1. The van der Waals surface area contributed by atoms with Crippen LogP contribution in [0.1, 0.15) is 63.1 Å². The van der Waals surface area contributed by atoms with Gasteiger partial charge in [0.15, 0.2) is 5.78 Å². The zero-order valence-corrected chi connectivity index (χ0v) is 21.8. The van der Waals surface area contributed by atoms with Crippen molar-refractivity contribution in [2.45, 2.75) is 32.1 Å². The van der Waals surface area contributed by atoms with Crippen molar-refractivity contribution in [1.29, 1.82) is 5.26 Å². The molecule has 0 atom stereocenters. The lowest BCUT2D eigenvalue weighted by atomic mass is 9.88. The molecule has 0 bridgehead atoms. The molecule has 3 aliphatic rings. The summed E-state index contributed by atoms with van der Waals surface area (Å²) in [5, 5.41) is 8.97. The van der Waals surface area contributed by atoms with Crippen LogP contribution in [0.25, 0.3) is 5.57 Å². The number of amides is 1. The first-order valence-corrected chi connectivity index (χ1v) is 13.7. The van der Waals surface area contributed by atoms with Gasteiger partial charge in [0.25, 0.3) is 5.91 Å². The topological polar surface area (TPSA) is 64.4 Å². The third-order valence-corrected chi connectivity index (χ3v) is 8.45. The third-order valence-electron chi connectivity index (χ3n) is 8.45. The van der Waals surface area contributed by atoms with Crippen molar-refractivity contribution in [3.63, 3.8) is 0 Å². The predicted octanol–water partition coefficient (Wildman–Crippen LogP) is 6.04. The lowest BCUT2D eigenvalue weighted by Crippen LogP contribution is -2.38. The monoisotopic (exact) mass is 519 g/mol. The van der Waals surface area contributed by atoms with Crippen molar-refractivity contribution >= 4 is 23.0 Å². The highest BCUT2D eigenvalue weighted by molar-refractivity contribution is 5.98. The van der Waals surface area contributed by atoms with Gasteiger partial charge < -0.3 is 9.80 Å². The minimum Gasteiger partial charge on any atom is -0.367 e. The van der Waals surface area contributed by atoms with E-state index in [1.807, 2.05) is 23.1 Å². The van der Waals surface area contributed by atoms with Gasteiger partial charge in [-0.3, -0.25) is 9.59 Å². The van der Waals surface area contributed by atoms with Crippen LogP contribution in [-0.2, 0) is 6.42 Å². The van der Waals surface area contributed by atoms with Crippen LogP contribution in [0.2, 0.25) is 0 Å². The molecule has 1 aliphatic carbocycles. The van der Waals surface area contributed by atoms with Gasteiger partial charge in [0.2, 0.25) is 0 Å². The number of fused-ring (bicyclic) bond motifs is 2. The van der Waals surface area contributed by atoms with Gasteiger partial charge in [-0.05, 0) is 103 Å². The second-order valence-electron chi connectivity index (χ2n) is 10.8. The van der Waals surface area contributed by atoms with Gasteiger partial charge in [0, 0.05) is 49.4 Å². The largest absolute Gasteiger partial charge is 0.367 e. The molecule has 0 N–H and O–H groups in total. The molecule has 0 aromatic heterocycles. The van der Waals surface area contributed by atoms with Crippen LogP contribution in [0.5, 0.6) is 0 Å². The maximum absolute atomic E-state index is 13.4. The third kappa shape index (κ3) is 5.09. The van der Waals surface area contributed by atoms with E-state index in [-0.39, 0.29) is 23.4 Å². The summed E-state index contributed by atoms with van der Waals surface area (Å²) >= 11 is 0. The molecule has 0 unspecified atom stereocenters. The molecular formula is C33H30FN3O2. The van der Waals surface area contributed by atoms with Gasteiger partial charge in [-0.1, -0.05) is 17.7 Å². The number of hydrogen-bond donors (Lipinski definition) is 0. The summed E-state index contributed by atoms with van der Waals surface area (Å²) in [4.78, 5) is 30.3. The van der Waals surface area contributed by atoms with E-state index in [9.17, 15) is 14.0 Å². The number of carbonyl (C=O) groups excluding carboxylic acids is 2. The van der Waals surface area contributed by atoms with E-state index in [0.717, 1.165) is 50.0 Å². The Morgan fingerprint density at radius 3 is 2.36 bits per heavy atom. The molecule has 39 heavy (non-hydrogen) atoms. The summed E-state index contributed by atoms with van der Waals surface area (Å²) in [6, 6.07) is 21.7. The molecule has 6 rings (SSSR count). The summed E-state index contributed by atoms with van der Waals surface area (Å²) < 4.78 is 13.4. The highest BCUT2D eigenvalue weighted by atomic mass is 19.1. The highest BCUT2D eigenvalue weighted by Crippen LogP contribution is 2.39. The number of likely N-dealkylation sites (tertiary alicyclic amines) is 1. The van der Waals surface area contributed by atoms with Gasteiger partial charge in [0.05, 0.1) is 11.6 Å². The standard InChI is InChI=1S/C33H30FN3O2/c34-28-7-9-29(10-8-28)37-16-13-26-18-25-5-6-27(19-30(25)31(26)21-37)32(38)17-22-11-14-36(15-12-22)33(39)24-3-1-23(20-35)2-4-24/h1-10,19,22H,11-18,21H2. The summed E-state index contributed by atoms with van der Waals surface area (Å²) in [5.41, 5.74) is 8.15. The number of hydrogen-bond acceptors (Lipinski definition) is 4. The molecule has 1 saturated heterocycles. The van der Waals surface area contributed by atoms with Crippen molar-refractivity contribution in [1.82, 2.24) is 4.90 Å². The Morgan fingerprint density at radius 2 is 1.64 bits per heavy atom. The zero-order valence-electron chi connectivity index (χ0n) is 21.8. The normalized spacial score (nSPS) is 17.0. The number of piperidine rings is 1. The number of nitrogens with zero attached hydrogens (tertiary/aromatic N) is 3. The summed E-state index contributed by atoms with van der Waals surface area (Å²) in [6.07, 6.45) is 4.03. The maximum atomic E-state index is 13.4. The second kappa shape index (κ2) is 10.5. The Bertz CT molecular complexity index is 1490. The van der Waals surface area contributed by atoms with Gasteiger partial charge in [-0.15, -0.1) is 0 Å². The molecule has 0 radical (unpaired) electrons. The Labute approximate surface area is 228 Å². The summed E-state index contributed by atoms with van der Waals surface area (Å²) in [7, 11) is 0. The lowest BCUT2D eigenvalue weighted by Gasteiger charge is -2.32. The molecule has 6 heteroatoms. The number of Topliss-reactive ketones (excluding diaryl/α,β-unsaturated/α-hetero) is 1. The van der Waals surface area contributed by atoms with E-state index in [4.69, 9.17) is 5.26 Å². The average molecular weight is 520 g/mol. The SMILES string of the molecule is N#Cc1ccc(C(=O)N2CCC(CC(=O)c3ccc4c(c3)C3=C(CCN(c5ccc(F)cc5)C3)C4)CC2)cc1. The highest BCUT2D eigenvalue weighted by Gasteiger charge is 2.29. The van der Waals surface area contributed by atoms with E-state index in [1.165, 1.54) is 34.4 Å². The second-order valence-corrected chi connectivity index (χ2v) is 10.8. The molecule has 3 aromatic rings. The molecule has 0 spiro atoms. The first-order valence-electron chi connectivity index (χ1n) is 13.7. The van der Waals surface area contributed by atoms with Crippen molar-refractivity contribution in [2.75, 3.05) is 31.1 Å². The molecule has 3 aromatic carbocycles. The molecule has 2 heterocycles.